The molecule has 8 heteroatoms. The Balaban J connectivity index is 0.000000706. The van der Waals surface area contributed by atoms with Gasteiger partial charge in [0.05, 0.1) is 16.1 Å². The van der Waals surface area contributed by atoms with Gasteiger partial charge in [0.15, 0.2) is 0 Å². The predicted molar refractivity (Wildman–Crippen MR) is 112 cm³/mol. The van der Waals surface area contributed by atoms with Crippen LogP contribution in [0.15, 0.2) is 36.4 Å². The number of aromatic nitrogens is 1. The SMILES string of the molecule is O=CO.OC(CN1CCc2c([nH]c3ccc(Cl)cc23)C1)c1ccc(Cl)c(Cl)c1. The number of benzene rings is 2. The smallest absolute Gasteiger partial charge is 0.290 e. The summed E-state index contributed by atoms with van der Waals surface area (Å²) >= 11 is 18.1. The lowest BCUT2D eigenvalue weighted by Crippen LogP contribution is -2.33. The number of β-amino-alcohol motifs (C(OH)–C–C–N with tert-alkyl or cyclic N) is 1. The van der Waals surface area contributed by atoms with E-state index in [-0.39, 0.29) is 6.47 Å². The Bertz CT molecular complexity index is 990. The van der Waals surface area contributed by atoms with Crippen LogP contribution in [0.5, 0.6) is 0 Å². The summed E-state index contributed by atoms with van der Waals surface area (Å²) in [6.07, 6.45) is 0.333. The molecule has 5 nitrogen and oxygen atoms in total. The van der Waals surface area contributed by atoms with E-state index >= 15 is 0 Å². The van der Waals surface area contributed by atoms with Gasteiger partial charge in [-0.05, 0) is 47.9 Å². The fourth-order valence-corrected chi connectivity index (χ4v) is 3.97. The predicted octanol–water partition coefficient (Wildman–Crippen LogP) is 4.92. The van der Waals surface area contributed by atoms with E-state index in [1.807, 2.05) is 24.3 Å². The first-order valence-electron chi connectivity index (χ1n) is 8.65. The summed E-state index contributed by atoms with van der Waals surface area (Å²) in [5, 5.41) is 20.3. The monoisotopic (exact) mass is 440 g/mol. The zero-order valence-corrected chi connectivity index (χ0v) is 17.1. The molecular weight excluding hydrogens is 423 g/mol. The van der Waals surface area contributed by atoms with Crippen molar-refractivity contribution in [3.8, 4) is 0 Å². The molecule has 0 bridgehead atoms. The van der Waals surface area contributed by atoms with Crippen LogP contribution < -0.4 is 0 Å². The number of aliphatic hydroxyl groups is 1. The highest BCUT2D eigenvalue weighted by molar-refractivity contribution is 6.42. The molecule has 2 aromatic carbocycles. The van der Waals surface area contributed by atoms with Gasteiger partial charge in [-0.2, -0.15) is 0 Å². The quantitative estimate of drug-likeness (QED) is 0.504. The molecule has 3 aromatic rings. The van der Waals surface area contributed by atoms with Crippen LogP contribution in [-0.4, -0.2) is 39.7 Å². The van der Waals surface area contributed by atoms with Crippen molar-refractivity contribution >= 4 is 52.2 Å². The number of hydrogen-bond donors (Lipinski definition) is 3. The molecule has 28 heavy (non-hydrogen) atoms. The Morgan fingerprint density at radius 2 is 1.89 bits per heavy atom. The van der Waals surface area contributed by atoms with Crippen LogP contribution in [-0.2, 0) is 17.8 Å². The first-order valence-corrected chi connectivity index (χ1v) is 9.78. The average molecular weight is 442 g/mol. The van der Waals surface area contributed by atoms with Gasteiger partial charge in [0, 0.05) is 41.3 Å². The number of aromatic amines is 1. The standard InChI is InChI=1S/C19H17Cl3N2O.CH2O2/c20-12-2-4-17-14(8-12)13-5-6-24(9-18(13)23-17)10-19(25)11-1-3-15(21)16(22)7-11;2-1-3/h1-4,7-8,19,23,25H,5-6,9-10H2;1H,(H,2,3). The van der Waals surface area contributed by atoms with Gasteiger partial charge >= 0.3 is 0 Å². The van der Waals surface area contributed by atoms with Gasteiger partial charge in [-0.15, -0.1) is 0 Å². The Morgan fingerprint density at radius 3 is 2.61 bits per heavy atom. The van der Waals surface area contributed by atoms with Crippen LogP contribution in [0.3, 0.4) is 0 Å². The fourth-order valence-electron chi connectivity index (χ4n) is 3.49. The van der Waals surface area contributed by atoms with Crippen molar-refractivity contribution in [3.63, 3.8) is 0 Å². The number of aliphatic hydroxyl groups excluding tert-OH is 1. The molecule has 0 amide bonds. The van der Waals surface area contributed by atoms with Crippen LogP contribution in [0.2, 0.25) is 15.1 Å². The third-order valence-electron chi connectivity index (χ3n) is 4.78. The molecule has 0 saturated heterocycles. The molecule has 1 aliphatic heterocycles. The number of fused-ring (bicyclic) bond motifs is 3. The third kappa shape index (κ3) is 4.62. The van der Waals surface area contributed by atoms with E-state index in [1.165, 1.54) is 16.6 Å². The summed E-state index contributed by atoms with van der Waals surface area (Å²) in [4.78, 5) is 14.1. The highest BCUT2D eigenvalue weighted by Gasteiger charge is 2.23. The van der Waals surface area contributed by atoms with Gasteiger partial charge in [-0.1, -0.05) is 40.9 Å². The van der Waals surface area contributed by atoms with Crippen LogP contribution in [0.4, 0.5) is 0 Å². The molecule has 1 atom stereocenters. The van der Waals surface area contributed by atoms with Crippen LogP contribution >= 0.6 is 34.8 Å². The van der Waals surface area contributed by atoms with Crippen molar-refractivity contribution in [2.45, 2.75) is 19.1 Å². The minimum atomic E-state index is -0.602. The summed E-state index contributed by atoms with van der Waals surface area (Å²) in [5.74, 6) is 0. The average Bonchev–Trinajstić information content (AvgIpc) is 3.01. The number of hydrogen-bond acceptors (Lipinski definition) is 3. The molecule has 4 rings (SSSR count). The van der Waals surface area contributed by atoms with Crippen molar-refractivity contribution < 1.29 is 15.0 Å². The first-order chi connectivity index (χ1) is 13.4. The van der Waals surface area contributed by atoms with Crippen molar-refractivity contribution in [3.05, 3.63) is 68.3 Å². The second kappa shape index (κ2) is 9.16. The molecule has 2 heterocycles. The number of nitrogens with zero attached hydrogens (tertiary/aromatic N) is 1. The van der Waals surface area contributed by atoms with E-state index in [2.05, 4.69) is 9.88 Å². The molecular formula is C20H19Cl3N2O3. The van der Waals surface area contributed by atoms with Gasteiger partial charge in [-0.3, -0.25) is 9.69 Å². The van der Waals surface area contributed by atoms with Gasteiger partial charge in [0.2, 0.25) is 0 Å². The molecule has 1 aliphatic rings. The van der Waals surface area contributed by atoms with E-state index < -0.39 is 6.10 Å². The van der Waals surface area contributed by atoms with Crippen molar-refractivity contribution in [2.24, 2.45) is 0 Å². The minimum Gasteiger partial charge on any atom is -0.483 e. The summed E-state index contributed by atoms with van der Waals surface area (Å²) in [6.45, 7) is 1.97. The number of rotatable bonds is 3. The Kier molecular flexibility index (Phi) is 6.86. The minimum absolute atomic E-state index is 0.250. The Morgan fingerprint density at radius 1 is 1.14 bits per heavy atom. The zero-order chi connectivity index (χ0) is 20.3. The molecule has 0 fully saturated rings. The van der Waals surface area contributed by atoms with Crippen LogP contribution in [0.25, 0.3) is 10.9 Å². The highest BCUT2D eigenvalue weighted by Crippen LogP contribution is 2.31. The van der Waals surface area contributed by atoms with Gasteiger partial charge in [0.25, 0.3) is 6.47 Å². The summed E-state index contributed by atoms with van der Waals surface area (Å²) in [5.41, 5.74) is 4.42. The second-order valence-corrected chi connectivity index (χ2v) is 7.80. The lowest BCUT2D eigenvalue weighted by atomic mass is 10.0. The lowest BCUT2D eigenvalue weighted by molar-refractivity contribution is -0.122. The maximum Gasteiger partial charge on any atom is 0.290 e. The zero-order valence-electron chi connectivity index (χ0n) is 14.8. The Labute approximate surface area is 177 Å². The molecule has 0 aliphatic carbocycles. The maximum absolute atomic E-state index is 10.5. The molecule has 0 radical (unpaired) electrons. The van der Waals surface area contributed by atoms with Crippen LogP contribution in [0.1, 0.15) is 22.9 Å². The number of carbonyl (C=O) groups is 1. The lowest BCUT2D eigenvalue weighted by Gasteiger charge is -2.29. The van der Waals surface area contributed by atoms with Gasteiger partial charge in [0.1, 0.15) is 0 Å². The molecule has 1 unspecified atom stereocenters. The molecule has 0 saturated carbocycles. The molecule has 0 spiro atoms. The van der Waals surface area contributed by atoms with E-state index in [0.29, 0.717) is 16.6 Å². The van der Waals surface area contributed by atoms with Crippen molar-refractivity contribution in [2.75, 3.05) is 13.1 Å². The van der Waals surface area contributed by atoms with Crippen molar-refractivity contribution in [1.82, 2.24) is 9.88 Å². The van der Waals surface area contributed by atoms with E-state index in [9.17, 15) is 5.11 Å². The normalized spacial score (nSPS) is 14.9. The largest absolute Gasteiger partial charge is 0.483 e. The fraction of sp³-hybridized carbons (Fsp3) is 0.250. The third-order valence-corrected chi connectivity index (χ3v) is 5.75. The molecule has 1 aromatic heterocycles. The summed E-state index contributed by atoms with van der Waals surface area (Å²) in [6, 6.07) is 11.2. The molecule has 148 valence electrons. The first kappa shape index (κ1) is 21.0. The van der Waals surface area contributed by atoms with E-state index in [4.69, 9.17) is 44.7 Å². The highest BCUT2D eigenvalue weighted by atomic mass is 35.5. The number of carboxylic acid groups (broad SMARTS) is 1. The van der Waals surface area contributed by atoms with E-state index in [1.54, 1.807) is 12.1 Å². The number of nitrogens with one attached hydrogen (secondary N) is 1. The second-order valence-electron chi connectivity index (χ2n) is 6.55. The topological polar surface area (TPSA) is 76.6 Å². The number of halogens is 3. The van der Waals surface area contributed by atoms with E-state index in [0.717, 1.165) is 35.6 Å². The Hall–Kier alpha value is -1.76. The summed E-state index contributed by atoms with van der Waals surface area (Å²) in [7, 11) is 0. The van der Waals surface area contributed by atoms with Gasteiger partial charge in [-0.25, -0.2) is 0 Å². The van der Waals surface area contributed by atoms with Gasteiger partial charge < -0.3 is 15.2 Å². The summed E-state index contributed by atoms with van der Waals surface area (Å²) < 4.78 is 0. The van der Waals surface area contributed by atoms with Crippen LogP contribution in [0, 0.1) is 0 Å². The maximum atomic E-state index is 10.5. The number of H-pyrrole nitrogens is 1. The van der Waals surface area contributed by atoms with Crippen molar-refractivity contribution in [1.29, 1.82) is 0 Å². The molecule has 3 N–H and O–H groups in total.